The van der Waals surface area contributed by atoms with Crippen LogP contribution >= 0.6 is 0 Å². The molecule has 0 fully saturated rings. The monoisotopic (exact) mass is 210 g/mol. The average molecular weight is 210 g/mol. The van der Waals surface area contributed by atoms with Crippen molar-refractivity contribution in [2.24, 2.45) is 5.73 Å². The zero-order valence-corrected chi connectivity index (χ0v) is 9.10. The molecule has 0 spiro atoms. The van der Waals surface area contributed by atoms with Crippen LogP contribution in [0.3, 0.4) is 0 Å². The van der Waals surface area contributed by atoms with Gasteiger partial charge in [0.25, 0.3) is 0 Å². The van der Waals surface area contributed by atoms with Crippen LogP contribution in [0.1, 0.15) is 19.4 Å². The Morgan fingerprint density at radius 1 is 1.47 bits per heavy atom. The minimum atomic E-state index is -0.971. The van der Waals surface area contributed by atoms with Crippen molar-refractivity contribution >= 4 is 11.6 Å². The first-order valence-electron chi connectivity index (χ1n) is 4.67. The third-order valence-corrected chi connectivity index (χ3v) is 2.01. The van der Waals surface area contributed by atoms with Crippen LogP contribution in [-0.4, -0.2) is 11.4 Å². The molecular formula is C11H15FN2O. The lowest BCUT2D eigenvalue weighted by Crippen LogP contribution is -2.45. The highest BCUT2D eigenvalue weighted by atomic mass is 19.1. The molecule has 0 radical (unpaired) electrons. The summed E-state index contributed by atoms with van der Waals surface area (Å²) < 4.78 is 13.1. The van der Waals surface area contributed by atoms with Crippen molar-refractivity contribution in [1.82, 2.24) is 0 Å². The van der Waals surface area contributed by atoms with Gasteiger partial charge in [0.1, 0.15) is 5.82 Å². The minimum absolute atomic E-state index is 0.342. The van der Waals surface area contributed by atoms with Gasteiger partial charge < -0.3 is 11.1 Å². The van der Waals surface area contributed by atoms with Crippen LogP contribution in [0.2, 0.25) is 0 Å². The summed E-state index contributed by atoms with van der Waals surface area (Å²) in [5.41, 5.74) is 5.58. The number of aryl methyl sites for hydroxylation is 1. The molecule has 3 N–H and O–H groups in total. The number of anilines is 1. The van der Waals surface area contributed by atoms with Gasteiger partial charge in [0.05, 0.1) is 5.54 Å². The maximum atomic E-state index is 13.1. The number of nitrogens with one attached hydrogen (secondary N) is 1. The number of amides is 1. The van der Waals surface area contributed by atoms with E-state index in [0.29, 0.717) is 11.3 Å². The van der Waals surface area contributed by atoms with Crippen molar-refractivity contribution in [2.45, 2.75) is 26.3 Å². The molecule has 0 bridgehead atoms. The van der Waals surface area contributed by atoms with E-state index in [2.05, 4.69) is 5.32 Å². The molecule has 1 amide bonds. The summed E-state index contributed by atoms with van der Waals surface area (Å²) in [6.45, 7) is 4.84. The van der Waals surface area contributed by atoms with Gasteiger partial charge in [-0.3, -0.25) is 4.79 Å². The first kappa shape index (κ1) is 11.7. The summed E-state index contributed by atoms with van der Waals surface area (Å²) in [4.78, 5) is 11.5. The van der Waals surface area contributed by atoms with Crippen molar-refractivity contribution in [3.8, 4) is 0 Å². The first-order chi connectivity index (χ1) is 6.80. The number of rotatable bonds is 2. The Hall–Kier alpha value is -1.42. The molecule has 4 heteroatoms. The van der Waals surface area contributed by atoms with E-state index in [0.717, 1.165) is 0 Å². The Morgan fingerprint density at radius 3 is 2.53 bits per heavy atom. The van der Waals surface area contributed by atoms with Crippen molar-refractivity contribution in [3.05, 3.63) is 29.6 Å². The molecule has 1 aromatic carbocycles. The molecule has 0 saturated carbocycles. The number of halogens is 1. The molecule has 0 unspecified atom stereocenters. The first-order valence-corrected chi connectivity index (χ1v) is 4.67. The summed E-state index contributed by atoms with van der Waals surface area (Å²) in [6.07, 6.45) is 0. The van der Waals surface area contributed by atoms with Crippen LogP contribution in [0.4, 0.5) is 10.1 Å². The lowest BCUT2D eigenvalue weighted by Gasteiger charge is -2.17. The zero-order valence-electron chi connectivity index (χ0n) is 9.10. The van der Waals surface area contributed by atoms with Crippen molar-refractivity contribution in [2.75, 3.05) is 5.32 Å². The van der Waals surface area contributed by atoms with E-state index in [9.17, 15) is 9.18 Å². The van der Waals surface area contributed by atoms with Gasteiger partial charge in [-0.2, -0.15) is 0 Å². The van der Waals surface area contributed by atoms with Crippen LogP contribution in [0.15, 0.2) is 18.2 Å². The number of carbonyl (C=O) groups excluding carboxylic acids is 1. The molecule has 1 aromatic rings. The molecule has 82 valence electrons. The van der Waals surface area contributed by atoms with Gasteiger partial charge in [-0.25, -0.2) is 4.39 Å². The Bertz CT molecular complexity index is 383. The normalized spacial score (nSPS) is 11.3. The molecule has 0 heterocycles. The second-order valence-corrected chi connectivity index (χ2v) is 4.14. The second-order valence-electron chi connectivity index (χ2n) is 4.14. The Kier molecular flexibility index (Phi) is 3.09. The van der Waals surface area contributed by atoms with Crippen LogP contribution in [0.5, 0.6) is 0 Å². The van der Waals surface area contributed by atoms with E-state index >= 15 is 0 Å². The molecule has 1 rings (SSSR count). The molecule has 0 atom stereocenters. The average Bonchev–Trinajstić information content (AvgIpc) is 2.10. The Labute approximate surface area is 88.5 Å². The highest BCUT2D eigenvalue weighted by molar-refractivity contribution is 5.97. The lowest BCUT2D eigenvalue weighted by molar-refractivity contribution is -0.120. The van der Waals surface area contributed by atoms with Crippen molar-refractivity contribution in [3.63, 3.8) is 0 Å². The third kappa shape index (κ3) is 3.02. The molecule has 0 saturated heterocycles. The van der Waals surface area contributed by atoms with E-state index in [-0.39, 0.29) is 11.7 Å². The van der Waals surface area contributed by atoms with Crippen LogP contribution < -0.4 is 11.1 Å². The largest absolute Gasteiger partial charge is 0.324 e. The van der Waals surface area contributed by atoms with Gasteiger partial charge >= 0.3 is 0 Å². The SMILES string of the molecule is Cc1ccc(NC(=O)C(C)(C)N)cc1F. The summed E-state index contributed by atoms with van der Waals surface area (Å²) in [7, 11) is 0. The highest BCUT2D eigenvalue weighted by Crippen LogP contribution is 2.14. The fourth-order valence-electron chi connectivity index (χ4n) is 0.963. The van der Waals surface area contributed by atoms with Crippen LogP contribution in [-0.2, 0) is 4.79 Å². The maximum Gasteiger partial charge on any atom is 0.243 e. The number of benzene rings is 1. The lowest BCUT2D eigenvalue weighted by atomic mass is 10.1. The van der Waals surface area contributed by atoms with E-state index in [1.165, 1.54) is 6.07 Å². The van der Waals surface area contributed by atoms with E-state index in [1.54, 1.807) is 32.9 Å². The molecule has 0 aliphatic heterocycles. The molecule has 0 aliphatic rings. The molecule has 0 aliphatic carbocycles. The standard InChI is InChI=1S/C11H15FN2O/c1-7-4-5-8(6-9(7)12)14-10(15)11(2,3)13/h4-6H,13H2,1-3H3,(H,14,15). The van der Waals surface area contributed by atoms with Crippen LogP contribution in [0.25, 0.3) is 0 Å². The fraction of sp³-hybridized carbons (Fsp3) is 0.364. The van der Waals surface area contributed by atoms with Crippen molar-refractivity contribution < 1.29 is 9.18 Å². The molecule has 15 heavy (non-hydrogen) atoms. The molecule has 3 nitrogen and oxygen atoms in total. The van der Waals surface area contributed by atoms with E-state index in [4.69, 9.17) is 5.73 Å². The molecular weight excluding hydrogens is 195 g/mol. The quantitative estimate of drug-likeness (QED) is 0.782. The Morgan fingerprint density at radius 2 is 2.07 bits per heavy atom. The van der Waals surface area contributed by atoms with E-state index in [1.807, 2.05) is 0 Å². The van der Waals surface area contributed by atoms with Gasteiger partial charge in [-0.15, -0.1) is 0 Å². The van der Waals surface area contributed by atoms with Gasteiger partial charge in [0.2, 0.25) is 5.91 Å². The highest BCUT2D eigenvalue weighted by Gasteiger charge is 2.21. The maximum absolute atomic E-state index is 13.1. The number of hydrogen-bond donors (Lipinski definition) is 2. The van der Waals surface area contributed by atoms with Gasteiger partial charge in [0, 0.05) is 5.69 Å². The second kappa shape index (κ2) is 3.98. The zero-order chi connectivity index (χ0) is 11.6. The predicted octanol–water partition coefficient (Wildman–Crippen LogP) is 1.81. The summed E-state index contributed by atoms with van der Waals surface area (Å²) >= 11 is 0. The van der Waals surface area contributed by atoms with Gasteiger partial charge in [0.15, 0.2) is 0 Å². The fourth-order valence-corrected chi connectivity index (χ4v) is 0.963. The van der Waals surface area contributed by atoms with Gasteiger partial charge in [-0.1, -0.05) is 6.07 Å². The van der Waals surface area contributed by atoms with Crippen molar-refractivity contribution in [1.29, 1.82) is 0 Å². The smallest absolute Gasteiger partial charge is 0.243 e. The minimum Gasteiger partial charge on any atom is -0.324 e. The summed E-state index contributed by atoms with van der Waals surface area (Å²) in [5.74, 6) is -0.687. The van der Waals surface area contributed by atoms with Crippen LogP contribution in [0, 0.1) is 12.7 Å². The molecule has 0 aromatic heterocycles. The topological polar surface area (TPSA) is 55.1 Å². The van der Waals surface area contributed by atoms with E-state index < -0.39 is 5.54 Å². The summed E-state index contributed by atoms with van der Waals surface area (Å²) in [5, 5.41) is 2.55. The Balaban J connectivity index is 2.83. The number of nitrogens with two attached hydrogens (primary N) is 1. The van der Waals surface area contributed by atoms with Gasteiger partial charge in [-0.05, 0) is 38.5 Å². The number of carbonyl (C=O) groups is 1. The third-order valence-electron chi connectivity index (χ3n) is 2.01. The number of hydrogen-bond acceptors (Lipinski definition) is 2. The predicted molar refractivity (Wildman–Crippen MR) is 58.0 cm³/mol. The summed E-state index contributed by atoms with van der Waals surface area (Å²) in [6, 6.07) is 4.52.